The Morgan fingerprint density at radius 1 is 1.08 bits per heavy atom. The van der Waals surface area contributed by atoms with E-state index in [1.807, 2.05) is 0 Å². The van der Waals surface area contributed by atoms with Crippen LogP contribution >= 0.6 is 0 Å². The van der Waals surface area contributed by atoms with Gasteiger partial charge in [-0.1, -0.05) is 44.9 Å². The van der Waals surface area contributed by atoms with E-state index in [4.69, 9.17) is 0 Å². The first-order valence-electron chi connectivity index (χ1n) is 5.26. The predicted octanol–water partition coefficient (Wildman–Crippen LogP) is 3.33. The number of carbonyl (C=O) groups is 1. The van der Waals surface area contributed by atoms with Crippen LogP contribution in [0.3, 0.4) is 0 Å². The first-order chi connectivity index (χ1) is 6.31. The van der Waals surface area contributed by atoms with Crippen LogP contribution < -0.4 is 0 Å². The topological polar surface area (TPSA) is 17.1 Å². The minimum atomic E-state index is 0.0954. The largest absolute Gasteiger partial charge is 0.285 e. The van der Waals surface area contributed by atoms with Gasteiger partial charge in [-0.15, -0.1) is 0 Å². The highest BCUT2D eigenvalue weighted by Crippen LogP contribution is 2.06. The number of Topliss-reactive ketones (excluding diaryl/α,β-unsaturated/α-hetero) is 1. The third-order valence-electron chi connectivity index (χ3n) is 2.02. The van der Waals surface area contributed by atoms with E-state index in [9.17, 15) is 4.79 Å². The monoisotopic (exact) mass is 180 g/mol. The highest BCUT2D eigenvalue weighted by Gasteiger charge is 1.95. The van der Waals surface area contributed by atoms with Crippen LogP contribution in [-0.2, 0) is 4.79 Å². The zero-order valence-electron chi connectivity index (χ0n) is 8.86. The van der Waals surface area contributed by atoms with Gasteiger partial charge in [0.15, 0.2) is 0 Å². The number of rotatable bonds is 7. The Labute approximate surface area is 81.9 Å². The molecule has 0 fully saturated rings. The summed E-state index contributed by atoms with van der Waals surface area (Å²) in [7, 11) is 0. The van der Waals surface area contributed by atoms with Crippen LogP contribution in [0.25, 0.3) is 0 Å². The van der Waals surface area contributed by atoms with E-state index in [1.165, 1.54) is 32.1 Å². The van der Waals surface area contributed by atoms with E-state index in [-0.39, 0.29) is 5.78 Å². The van der Waals surface area contributed by atoms with Crippen molar-refractivity contribution in [3.63, 3.8) is 0 Å². The minimum Gasteiger partial charge on any atom is -0.285 e. The van der Waals surface area contributed by atoms with E-state index in [0.717, 1.165) is 6.42 Å². The van der Waals surface area contributed by atoms with Gasteiger partial charge >= 0.3 is 0 Å². The van der Waals surface area contributed by atoms with Crippen molar-refractivity contribution in [3.8, 4) is 11.8 Å². The molecule has 0 N–H and O–H groups in total. The summed E-state index contributed by atoms with van der Waals surface area (Å²) in [5.74, 6) is 5.28. The number of carbonyl (C=O) groups excluding carboxylic acids is 1. The third-order valence-corrected chi connectivity index (χ3v) is 2.02. The average molecular weight is 180 g/mol. The summed E-state index contributed by atoms with van der Waals surface area (Å²) in [5, 5.41) is 0. The van der Waals surface area contributed by atoms with Gasteiger partial charge in [0, 0.05) is 6.42 Å². The van der Waals surface area contributed by atoms with Crippen molar-refractivity contribution in [2.75, 3.05) is 0 Å². The van der Waals surface area contributed by atoms with Crippen LogP contribution in [0.2, 0.25) is 0 Å². The molecule has 0 unspecified atom stereocenters. The number of hydrogen-bond acceptors (Lipinski definition) is 1. The van der Waals surface area contributed by atoms with Crippen LogP contribution in [0.4, 0.5) is 0 Å². The fourth-order valence-electron chi connectivity index (χ4n) is 1.27. The lowest BCUT2D eigenvalue weighted by Crippen LogP contribution is -1.92. The van der Waals surface area contributed by atoms with Gasteiger partial charge in [0.1, 0.15) is 0 Å². The van der Waals surface area contributed by atoms with Crippen molar-refractivity contribution in [1.29, 1.82) is 0 Å². The molecule has 0 aromatic heterocycles. The van der Waals surface area contributed by atoms with Crippen molar-refractivity contribution in [2.24, 2.45) is 0 Å². The van der Waals surface area contributed by atoms with Crippen LogP contribution in [-0.4, -0.2) is 5.78 Å². The lowest BCUT2D eigenvalue weighted by Gasteiger charge is -1.97. The van der Waals surface area contributed by atoms with E-state index in [0.29, 0.717) is 6.42 Å². The fraction of sp³-hybridized carbons (Fsp3) is 0.750. The SMILES string of the molecule is CC#CC(=O)CCCCCCCC. The Balaban J connectivity index is 3.14. The molecule has 0 saturated heterocycles. The molecule has 0 aromatic rings. The lowest BCUT2D eigenvalue weighted by molar-refractivity contribution is -0.113. The predicted molar refractivity (Wildman–Crippen MR) is 56.5 cm³/mol. The molecule has 0 radical (unpaired) electrons. The quantitative estimate of drug-likeness (QED) is 0.333. The molecular formula is C12H20O. The number of ketones is 1. The Hall–Kier alpha value is -0.770. The standard InChI is InChI=1S/C12H20O/c1-3-5-6-7-8-9-11-12(13)10-4-2/h3,5-9,11H2,1-2H3. The Bertz CT molecular complexity index is 183. The molecule has 0 aliphatic heterocycles. The molecular weight excluding hydrogens is 160 g/mol. The number of unbranched alkanes of at least 4 members (excludes halogenated alkanes) is 5. The second kappa shape index (κ2) is 9.32. The molecule has 0 saturated carbocycles. The molecule has 1 heteroatoms. The molecule has 0 heterocycles. The molecule has 0 spiro atoms. The van der Waals surface area contributed by atoms with Crippen LogP contribution in [0.5, 0.6) is 0 Å². The molecule has 13 heavy (non-hydrogen) atoms. The molecule has 0 bridgehead atoms. The summed E-state index contributed by atoms with van der Waals surface area (Å²) in [5.41, 5.74) is 0. The fourth-order valence-corrected chi connectivity index (χ4v) is 1.27. The minimum absolute atomic E-state index is 0.0954. The van der Waals surface area contributed by atoms with Gasteiger partial charge in [-0.25, -0.2) is 0 Å². The molecule has 0 aliphatic carbocycles. The molecule has 0 aliphatic rings. The Kier molecular flexibility index (Phi) is 8.77. The van der Waals surface area contributed by atoms with Crippen molar-refractivity contribution >= 4 is 5.78 Å². The first-order valence-corrected chi connectivity index (χ1v) is 5.26. The molecule has 74 valence electrons. The summed E-state index contributed by atoms with van der Waals surface area (Å²) in [6, 6.07) is 0. The Morgan fingerprint density at radius 2 is 1.69 bits per heavy atom. The van der Waals surface area contributed by atoms with Gasteiger partial charge in [-0.05, 0) is 19.3 Å². The maximum absolute atomic E-state index is 11.0. The molecule has 0 rings (SSSR count). The third kappa shape index (κ3) is 9.14. The van der Waals surface area contributed by atoms with Gasteiger partial charge in [0.25, 0.3) is 0 Å². The van der Waals surface area contributed by atoms with Gasteiger partial charge in [-0.2, -0.15) is 0 Å². The normalized spacial score (nSPS) is 9.08. The number of hydrogen-bond donors (Lipinski definition) is 0. The van der Waals surface area contributed by atoms with Crippen LogP contribution in [0.15, 0.2) is 0 Å². The van der Waals surface area contributed by atoms with Crippen LogP contribution in [0, 0.1) is 11.8 Å². The first kappa shape index (κ1) is 12.2. The average Bonchev–Trinajstić information content (AvgIpc) is 2.11. The van der Waals surface area contributed by atoms with Crippen molar-refractivity contribution in [3.05, 3.63) is 0 Å². The van der Waals surface area contributed by atoms with E-state index < -0.39 is 0 Å². The van der Waals surface area contributed by atoms with Crippen molar-refractivity contribution in [1.82, 2.24) is 0 Å². The highest BCUT2D eigenvalue weighted by atomic mass is 16.1. The van der Waals surface area contributed by atoms with Gasteiger partial charge in [0.05, 0.1) is 0 Å². The van der Waals surface area contributed by atoms with Crippen molar-refractivity contribution < 1.29 is 4.79 Å². The second-order valence-corrected chi connectivity index (χ2v) is 3.32. The second-order valence-electron chi connectivity index (χ2n) is 3.32. The van der Waals surface area contributed by atoms with E-state index in [2.05, 4.69) is 18.8 Å². The summed E-state index contributed by atoms with van der Waals surface area (Å²) >= 11 is 0. The van der Waals surface area contributed by atoms with E-state index in [1.54, 1.807) is 6.92 Å². The summed E-state index contributed by atoms with van der Waals surface area (Å²) in [6.45, 7) is 3.92. The smallest absolute Gasteiger partial charge is 0.205 e. The van der Waals surface area contributed by atoms with E-state index >= 15 is 0 Å². The van der Waals surface area contributed by atoms with Crippen LogP contribution in [0.1, 0.15) is 58.8 Å². The molecule has 0 atom stereocenters. The zero-order valence-corrected chi connectivity index (χ0v) is 8.86. The Morgan fingerprint density at radius 3 is 2.31 bits per heavy atom. The summed E-state index contributed by atoms with van der Waals surface area (Å²) < 4.78 is 0. The van der Waals surface area contributed by atoms with Gasteiger partial charge in [0.2, 0.25) is 5.78 Å². The molecule has 0 amide bonds. The molecule has 1 nitrogen and oxygen atoms in total. The maximum Gasteiger partial charge on any atom is 0.205 e. The van der Waals surface area contributed by atoms with Gasteiger partial charge in [-0.3, -0.25) is 4.79 Å². The summed E-state index contributed by atoms with van der Waals surface area (Å²) in [6.07, 6.45) is 8.01. The van der Waals surface area contributed by atoms with Gasteiger partial charge < -0.3 is 0 Å². The lowest BCUT2D eigenvalue weighted by atomic mass is 10.1. The molecule has 0 aromatic carbocycles. The summed E-state index contributed by atoms with van der Waals surface area (Å²) in [4.78, 5) is 11.0. The van der Waals surface area contributed by atoms with Crippen molar-refractivity contribution in [2.45, 2.75) is 58.8 Å². The highest BCUT2D eigenvalue weighted by molar-refractivity contribution is 5.95. The zero-order chi connectivity index (χ0) is 9.94. The maximum atomic E-state index is 11.0.